The minimum Gasteiger partial charge on any atom is -0.478 e. The van der Waals surface area contributed by atoms with Crippen LogP contribution in [-0.4, -0.2) is 34.6 Å². The van der Waals surface area contributed by atoms with Crippen molar-refractivity contribution in [3.8, 4) is 0 Å². The molecule has 1 rings (SSSR count). The van der Waals surface area contributed by atoms with E-state index in [1.165, 1.54) is 0 Å². The molecule has 7 nitrogen and oxygen atoms in total. The zero-order valence-electron chi connectivity index (χ0n) is 10.1. The fourth-order valence-electron chi connectivity index (χ4n) is 1.49. The van der Waals surface area contributed by atoms with Crippen LogP contribution in [0.15, 0.2) is 24.4 Å². The summed E-state index contributed by atoms with van der Waals surface area (Å²) in [7, 11) is 1.65. The SMILES string of the molecule is C=C(C)CN(C)c1ncc([N+](=O)[O-])cc1C(=O)O. The fourth-order valence-corrected chi connectivity index (χ4v) is 1.49. The first-order valence-electron chi connectivity index (χ1n) is 5.06. The van der Waals surface area contributed by atoms with Crippen molar-refractivity contribution in [2.75, 3.05) is 18.5 Å². The molecular weight excluding hydrogens is 238 g/mol. The van der Waals surface area contributed by atoms with Crippen molar-refractivity contribution in [2.24, 2.45) is 0 Å². The molecular formula is C11H13N3O4. The Morgan fingerprint density at radius 1 is 1.67 bits per heavy atom. The molecule has 0 saturated heterocycles. The summed E-state index contributed by atoms with van der Waals surface area (Å²) in [5, 5.41) is 19.6. The van der Waals surface area contributed by atoms with E-state index in [0.29, 0.717) is 6.54 Å². The predicted molar refractivity (Wildman–Crippen MR) is 65.9 cm³/mol. The van der Waals surface area contributed by atoms with Gasteiger partial charge in [0.2, 0.25) is 0 Å². The van der Waals surface area contributed by atoms with E-state index in [-0.39, 0.29) is 17.1 Å². The number of carboxylic acids is 1. The third-order valence-corrected chi connectivity index (χ3v) is 2.16. The molecule has 0 atom stereocenters. The number of nitrogens with zero attached hydrogens (tertiary/aromatic N) is 3. The number of anilines is 1. The lowest BCUT2D eigenvalue weighted by Gasteiger charge is -2.19. The van der Waals surface area contributed by atoms with E-state index in [1.54, 1.807) is 18.9 Å². The highest BCUT2D eigenvalue weighted by atomic mass is 16.6. The molecule has 96 valence electrons. The average Bonchev–Trinajstić information content (AvgIpc) is 2.26. The first-order chi connectivity index (χ1) is 8.32. The van der Waals surface area contributed by atoms with E-state index >= 15 is 0 Å². The van der Waals surface area contributed by atoms with Crippen LogP contribution >= 0.6 is 0 Å². The first kappa shape index (κ1) is 13.6. The molecule has 1 aromatic rings. The Labute approximate surface area is 104 Å². The second-order valence-corrected chi connectivity index (χ2v) is 3.94. The second kappa shape index (κ2) is 5.26. The number of pyridine rings is 1. The molecule has 0 aliphatic rings. The van der Waals surface area contributed by atoms with Crippen LogP contribution in [0.25, 0.3) is 0 Å². The number of carbonyl (C=O) groups is 1. The second-order valence-electron chi connectivity index (χ2n) is 3.94. The van der Waals surface area contributed by atoms with E-state index in [1.807, 2.05) is 0 Å². The molecule has 0 aromatic carbocycles. The molecule has 0 radical (unpaired) electrons. The lowest BCUT2D eigenvalue weighted by atomic mass is 10.2. The summed E-state index contributed by atoms with van der Waals surface area (Å²) in [6.07, 6.45) is 1.04. The third-order valence-electron chi connectivity index (χ3n) is 2.16. The van der Waals surface area contributed by atoms with Crippen LogP contribution in [0.1, 0.15) is 17.3 Å². The molecule has 1 N–H and O–H groups in total. The van der Waals surface area contributed by atoms with E-state index in [0.717, 1.165) is 17.8 Å². The van der Waals surface area contributed by atoms with Gasteiger partial charge in [-0.1, -0.05) is 12.2 Å². The highest BCUT2D eigenvalue weighted by Gasteiger charge is 2.19. The molecule has 0 aliphatic carbocycles. The van der Waals surface area contributed by atoms with Gasteiger partial charge in [-0.25, -0.2) is 9.78 Å². The smallest absolute Gasteiger partial charge is 0.339 e. The Hall–Kier alpha value is -2.44. The van der Waals surface area contributed by atoms with Gasteiger partial charge in [0.15, 0.2) is 0 Å². The maximum absolute atomic E-state index is 11.1. The van der Waals surface area contributed by atoms with Crippen molar-refractivity contribution in [3.63, 3.8) is 0 Å². The van der Waals surface area contributed by atoms with Crippen molar-refractivity contribution < 1.29 is 14.8 Å². The van der Waals surface area contributed by atoms with Crippen LogP contribution in [0.2, 0.25) is 0 Å². The van der Waals surface area contributed by atoms with Crippen molar-refractivity contribution in [1.29, 1.82) is 0 Å². The number of nitro groups is 1. The maximum atomic E-state index is 11.1. The van der Waals surface area contributed by atoms with Gasteiger partial charge in [0.1, 0.15) is 17.6 Å². The van der Waals surface area contributed by atoms with Crippen molar-refractivity contribution in [2.45, 2.75) is 6.92 Å². The number of hydrogen-bond acceptors (Lipinski definition) is 5. The maximum Gasteiger partial charge on any atom is 0.339 e. The molecule has 0 amide bonds. The summed E-state index contributed by atoms with van der Waals surface area (Å²) in [5.41, 5.74) is 0.279. The standard InChI is InChI=1S/C11H13N3O4/c1-7(2)6-13(3)10-9(11(15)16)4-8(5-12-10)14(17)18/h4-5H,1,6H2,2-3H3,(H,15,16). The number of rotatable bonds is 5. The topological polar surface area (TPSA) is 96.6 Å². The lowest BCUT2D eigenvalue weighted by Crippen LogP contribution is -2.23. The minimum atomic E-state index is -1.25. The predicted octanol–water partition coefficient (Wildman–Crippen LogP) is 1.70. The van der Waals surface area contributed by atoms with Crippen LogP contribution in [0.3, 0.4) is 0 Å². The molecule has 7 heteroatoms. The molecule has 0 aliphatic heterocycles. The number of hydrogen-bond donors (Lipinski definition) is 1. The van der Waals surface area contributed by atoms with E-state index in [4.69, 9.17) is 5.11 Å². The van der Waals surface area contributed by atoms with E-state index in [9.17, 15) is 14.9 Å². The summed E-state index contributed by atoms with van der Waals surface area (Å²) < 4.78 is 0. The van der Waals surface area contributed by atoms with Gasteiger partial charge in [0.05, 0.1) is 4.92 Å². The van der Waals surface area contributed by atoms with Gasteiger partial charge in [-0.3, -0.25) is 10.1 Å². The van der Waals surface area contributed by atoms with Crippen LogP contribution < -0.4 is 4.90 Å². The van der Waals surface area contributed by atoms with Gasteiger partial charge >= 0.3 is 5.97 Å². The number of carboxylic acid groups (broad SMARTS) is 1. The van der Waals surface area contributed by atoms with E-state index in [2.05, 4.69) is 11.6 Å². The summed E-state index contributed by atoms with van der Waals surface area (Å²) >= 11 is 0. The van der Waals surface area contributed by atoms with Crippen molar-refractivity contribution in [1.82, 2.24) is 4.98 Å². The highest BCUT2D eigenvalue weighted by molar-refractivity contribution is 5.94. The van der Waals surface area contributed by atoms with Crippen molar-refractivity contribution >= 4 is 17.5 Å². The Kier molecular flexibility index (Phi) is 3.98. The normalized spacial score (nSPS) is 9.89. The van der Waals surface area contributed by atoms with Crippen LogP contribution in [-0.2, 0) is 0 Å². The summed E-state index contributed by atoms with van der Waals surface area (Å²) in [6.45, 7) is 5.93. The Bertz CT molecular complexity index is 513. The van der Waals surface area contributed by atoms with Gasteiger partial charge in [-0.05, 0) is 6.92 Å². The minimum absolute atomic E-state index is 0.177. The molecule has 0 fully saturated rings. The van der Waals surface area contributed by atoms with Gasteiger partial charge in [0, 0.05) is 19.7 Å². The first-order valence-corrected chi connectivity index (χ1v) is 5.06. The molecule has 1 aromatic heterocycles. The summed E-state index contributed by atoms with van der Waals surface area (Å²) in [5.74, 6) is -1.08. The van der Waals surface area contributed by atoms with Gasteiger partial charge in [-0.2, -0.15) is 0 Å². The Morgan fingerprint density at radius 3 is 2.72 bits per heavy atom. The van der Waals surface area contributed by atoms with Crippen LogP contribution in [0.5, 0.6) is 0 Å². The molecule has 1 heterocycles. The van der Waals surface area contributed by atoms with Gasteiger partial charge < -0.3 is 10.0 Å². The monoisotopic (exact) mass is 251 g/mol. The van der Waals surface area contributed by atoms with E-state index < -0.39 is 10.9 Å². The molecule has 0 spiro atoms. The quantitative estimate of drug-likeness (QED) is 0.486. The molecule has 0 unspecified atom stereocenters. The zero-order chi connectivity index (χ0) is 13.9. The van der Waals surface area contributed by atoms with Crippen molar-refractivity contribution in [3.05, 3.63) is 40.1 Å². The highest BCUT2D eigenvalue weighted by Crippen LogP contribution is 2.22. The molecule has 18 heavy (non-hydrogen) atoms. The average molecular weight is 251 g/mol. The zero-order valence-corrected chi connectivity index (χ0v) is 10.1. The Balaban J connectivity index is 3.23. The van der Waals surface area contributed by atoms with Crippen LogP contribution in [0, 0.1) is 10.1 Å². The number of aromatic nitrogens is 1. The van der Waals surface area contributed by atoms with Gasteiger partial charge in [-0.15, -0.1) is 0 Å². The number of aromatic carboxylic acids is 1. The molecule has 0 bridgehead atoms. The summed E-state index contributed by atoms with van der Waals surface area (Å²) in [4.78, 5) is 26.4. The third kappa shape index (κ3) is 3.03. The largest absolute Gasteiger partial charge is 0.478 e. The fraction of sp³-hybridized carbons (Fsp3) is 0.273. The molecule has 0 saturated carbocycles. The van der Waals surface area contributed by atoms with Crippen LogP contribution in [0.4, 0.5) is 11.5 Å². The lowest BCUT2D eigenvalue weighted by molar-refractivity contribution is -0.385. The van der Waals surface area contributed by atoms with Gasteiger partial charge in [0.25, 0.3) is 5.69 Å². The number of likely N-dealkylation sites (N-methyl/N-ethyl adjacent to an activating group) is 1. The summed E-state index contributed by atoms with van der Waals surface area (Å²) in [6, 6.07) is 1.000. The Morgan fingerprint density at radius 2 is 2.28 bits per heavy atom.